The molecular formula is C13H14N2O3S. The van der Waals surface area contributed by atoms with Crippen LogP contribution in [0.5, 0.6) is 0 Å². The van der Waals surface area contributed by atoms with E-state index >= 15 is 0 Å². The Balaban J connectivity index is 1.73. The van der Waals surface area contributed by atoms with Crippen molar-refractivity contribution in [2.75, 3.05) is 6.54 Å². The molecule has 0 atom stereocenters. The number of carbonyl (C=O) groups excluding carboxylic acids is 2. The number of nitrogens with one attached hydrogen (secondary N) is 2. The second-order valence-electron chi connectivity index (χ2n) is 3.95. The van der Waals surface area contributed by atoms with Gasteiger partial charge in [0.1, 0.15) is 5.76 Å². The van der Waals surface area contributed by atoms with Crippen molar-refractivity contribution in [2.45, 2.75) is 13.5 Å². The first-order valence-electron chi connectivity index (χ1n) is 5.79. The van der Waals surface area contributed by atoms with Gasteiger partial charge in [0.2, 0.25) is 5.91 Å². The Morgan fingerprint density at radius 2 is 2.11 bits per heavy atom. The topological polar surface area (TPSA) is 71.3 Å². The van der Waals surface area contributed by atoms with E-state index in [1.807, 2.05) is 13.0 Å². The minimum absolute atomic E-state index is 0.0451. The van der Waals surface area contributed by atoms with Crippen molar-refractivity contribution in [3.63, 3.8) is 0 Å². The van der Waals surface area contributed by atoms with Gasteiger partial charge < -0.3 is 15.1 Å². The van der Waals surface area contributed by atoms with Crippen molar-refractivity contribution in [3.8, 4) is 0 Å². The SMILES string of the molecule is Cc1ccc(C(=O)NCC(=O)NCc2ccco2)s1. The molecule has 0 saturated heterocycles. The summed E-state index contributed by atoms with van der Waals surface area (Å²) in [5.74, 6) is 0.192. The standard InChI is InChI=1S/C13H14N2O3S/c1-9-4-5-11(19-9)13(17)15-8-12(16)14-7-10-3-2-6-18-10/h2-6H,7-8H2,1H3,(H,14,16)(H,15,17). The maximum Gasteiger partial charge on any atom is 0.261 e. The zero-order valence-electron chi connectivity index (χ0n) is 10.4. The van der Waals surface area contributed by atoms with E-state index in [4.69, 9.17) is 4.42 Å². The third kappa shape index (κ3) is 3.96. The van der Waals surface area contributed by atoms with Gasteiger partial charge in [0.25, 0.3) is 5.91 Å². The largest absolute Gasteiger partial charge is 0.467 e. The molecule has 2 rings (SSSR count). The molecule has 0 radical (unpaired) electrons. The molecule has 2 heterocycles. The molecule has 0 fully saturated rings. The minimum Gasteiger partial charge on any atom is -0.467 e. The summed E-state index contributed by atoms with van der Waals surface area (Å²) in [7, 11) is 0. The molecule has 0 saturated carbocycles. The molecule has 0 aromatic carbocycles. The Hall–Kier alpha value is -2.08. The molecule has 100 valence electrons. The highest BCUT2D eigenvalue weighted by molar-refractivity contribution is 7.13. The Morgan fingerprint density at radius 3 is 2.74 bits per heavy atom. The summed E-state index contributed by atoms with van der Waals surface area (Å²) >= 11 is 1.40. The lowest BCUT2D eigenvalue weighted by Crippen LogP contribution is -2.36. The van der Waals surface area contributed by atoms with Crippen LogP contribution < -0.4 is 10.6 Å². The molecule has 0 aliphatic rings. The van der Waals surface area contributed by atoms with Gasteiger partial charge >= 0.3 is 0 Å². The van der Waals surface area contributed by atoms with E-state index in [1.54, 1.807) is 24.5 Å². The molecule has 0 bridgehead atoms. The van der Waals surface area contributed by atoms with Crippen molar-refractivity contribution < 1.29 is 14.0 Å². The van der Waals surface area contributed by atoms with Crippen molar-refractivity contribution >= 4 is 23.2 Å². The number of carbonyl (C=O) groups is 2. The van der Waals surface area contributed by atoms with Crippen LogP contribution in [0.2, 0.25) is 0 Å². The molecule has 5 nitrogen and oxygen atoms in total. The zero-order valence-corrected chi connectivity index (χ0v) is 11.3. The van der Waals surface area contributed by atoms with Gasteiger partial charge in [-0.05, 0) is 31.2 Å². The highest BCUT2D eigenvalue weighted by Crippen LogP contribution is 2.14. The van der Waals surface area contributed by atoms with E-state index in [-0.39, 0.29) is 18.4 Å². The van der Waals surface area contributed by atoms with Crippen molar-refractivity contribution in [2.24, 2.45) is 0 Å². The van der Waals surface area contributed by atoms with Crippen molar-refractivity contribution in [3.05, 3.63) is 46.0 Å². The van der Waals surface area contributed by atoms with E-state index in [1.165, 1.54) is 11.3 Å². The first-order chi connectivity index (χ1) is 9.15. The predicted molar refractivity (Wildman–Crippen MR) is 71.9 cm³/mol. The predicted octanol–water partition coefficient (Wildman–Crippen LogP) is 1.70. The van der Waals surface area contributed by atoms with Crippen LogP contribution in [-0.2, 0) is 11.3 Å². The average Bonchev–Trinajstić information content (AvgIpc) is 3.04. The van der Waals surface area contributed by atoms with Crippen LogP contribution in [0, 0.1) is 6.92 Å². The van der Waals surface area contributed by atoms with Gasteiger partial charge in [0.05, 0.1) is 24.2 Å². The highest BCUT2D eigenvalue weighted by Gasteiger charge is 2.09. The van der Waals surface area contributed by atoms with Gasteiger partial charge in [0.15, 0.2) is 0 Å². The fraction of sp³-hybridized carbons (Fsp3) is 0.231. The molecule has 2 aromatic rings. The summed E-state index contributed by atoms with van der Waals surface area (Å²) < 4.78 is 5.08. The fourth-order valence-electron chi connectivity index (χ4n) is 1.47. The summed E-state index contributed by atoms with van der Waals surface area (Å²) in [6.07, 6.45) is 1.54. The lowest BCUT2D eigenvalue weighted by Gasteiger charge is -2.04. The van der Waals surface area contributed by atoms with E-state index < -0.39 is 0 Å². The minimum atomic E-state index is -0.252. The van der Waals surface area contributed by atoms with Crippen LogP contribution in [0.1, 0.15) is 20.3 Å². The number of furan rings is 1. The fourth-order valence-corrected chi connectivity index (χ4v) is 2.25. The van der Waals surface area contributed by atoms with Gasteiger partial charge in [-0.15, -0.1) is 11.3 Å². The molecule has 0 aliphatic carbocycles. The smallest absolute Gasteiger partial charge is 0.261 e. The summed E-state index contributed by atoms with van der Waals surface area (Å²) in [4.78, 5) is 24.9. The molecule has 0 aliphatic heterocycles. The third-order valence-corrected chi connectivity index (χ3v) is 3.41. The highest BCUT2D eigenvalue weighted by atomic mass is 32.1. The molecular weight excluding hydrogens is 264 g/mol. The number of rotatable bonds is 5. The van der Waals surface area contributed by atoms with Crippen LogP contribution >= 0.6 is 11.3 Å². The first kappa shape index (κ1) is 13.4. The molecule has 2 aromatic heterocycles. The number of aryl methyl sites for hydroxylation is 1. The van der Waals surface area contributed by atoms with Gasteiger partial charge in [-0.1, -0.05) is 0 Å². The molecule has 0 spiro atoms. The van der Waals surface area contributed by atoms with Gasteiger partial charge in [0, 0.05) is 4.88 Å². The number of hydrogen-bond acceptors (Lipinski definition) is 4. The average molecular weight is 278 g/mol. The molecule has 6 heteroatoms. The van der Waals surface area contributed by atoms with Crippen molar-refractivity contribution in [1.82, 2.24) is 10.6 Å². The van der Waals surface area contributed by atoms with Crippen LogP contribution in [0.4, 0.5) is 0 Å². The Kier molecular flexibility index (Phi) is 4.35. The van der Waals surface area contributed by atoms with Gasteiger partial charge in [-0.2, -0.15) is 0 Å². The maximum absolute atomic E-state index is 11.7. The number of thiophene rings is 1. The Labute approximate surface area is 114 Å². The second kappa shape index (κ2) is 6.19. The summed E-state index contributed by atoms with van der Waals surface area (Å²) in [5.41, 5.74) is 0. The molecule has 19 heavy (non-hydrogen) atoms. The monoisotopic (exact) mass is 278 g/mol. The molecule has 2 amide bonds. The quantitative estimate of drug-likeness (QED) is 0.874. The van der Waals surface area contributed by atoms with E-state index in [2.05, 4.69) is 10.6 Å². The lowest BCUT2D eigenvalue weighted by molar-refractivity contribution is -0.120. The second-order valence-corrected chi connectivity index (χ2v) is 5.24. The van der Waals surface area contributed by atoms with Crippen LogP contribution in [0.25, 0.3) is 0 Å². The molecule has 2 N–H and O–H groups in total. The maximum atomic E-state index is 11.7. The van der Waals surface area contributed by atoms with Crippen molar-refractivity contribution in [1.29, 1.82) is 0 Å². The summed E-state index contributed by atoms with van der Waals surface area (Å²) in [6, 6.07) is 7.14. The zero-order chi connectivity index (χ0) is 13.7. The van der Waals surface area contributed by atoms with Gasteiger partial charge in [-0.3, -0.25) is 9.59 Å². The summed E-state index contributed by atoms with van der Waals surface area (Å²) in [6.45, 7) is 2.20. The number of amides is 2. The number of hydrogen-bond donors (Lipinski definition) is 2. The van der Waals surface area contributed by atoms with E-state index in [0.29, 0.717) is 17.2 Å². The van der Waals surface area contributed by atoms with Gasteiger partial charge in [-0.25, -0.2) is 0 Å². The first-order valence-corrected chi connectivity index (χ1v) is 6.60. The Bertz CT molecular complexity index is 560. The summed E-state index contributed by atoms with van der Waals surface area (Å²) in [5, 5.41) is 5.22. The normalized spacial score (nSPS) is 10.2. The third-order valence-electron chi connectivity index (χ3n) is 2.41. The van der Waals surface area contributed by atoms with Crippen LogP contribution in [0.3, 0.4) is 0 Å². The Morgan fingerprint density at radius 1 is 1.26 bits per heavy atom. The lowest BCUT2D eigenvalue weighted by atomic mass is 10.4. The molecule has 0 unspecified atom stereocenters. The van der Waals surface area contributed by atoms with E-state index in [9.17, 15) is 9.59 Å². The van der Waals surface area contributed by atoms with E-state index in [0.717, 1.165) is 4.88 Å². The van der Waals surface area contributed by atoms with Crippen LogP contribution in [-0.4, -0.2) is 18.4 Å². The van der Waals surface area contributed by atoms with Crippen LogP contribution in [0.15, 0.2) is 34.9 Å².